The van der Waals surface area contributed by atoms with E-state index < -0.39 is 0 Å². The molecule has 0 aliphatic carbocycles. The topological polar surface area (TPSA) is 82.6 Å². The molecule has 0 bridgehead atoms. The molecular weight excluding hydrogens is 422 g/mol. The van der Waals surface area contributed by atoms with Crippen LogP contribution in [0.2, 0.25) is 0 Å². The first-order valence-electron chi connectivity index (χ1n) is 11.2. The molecule has 4 rings (SSSR count). The smallest absolute Gasteiger partial charge is 0.282 e. The zero-order valence-electron chi connectivity index (χ0n) is 19.0. The highest BCUT2D eigenvalue weighted by Crippen LogP contribution is 2.36. The number of amides is 2. The molecule has 2 aromatic carbocycles. The Balaban J connectivity index is 1.70. The van der Waals surface area contributed by atoms with Crippen molar-refractivity contribution >= 4 is 23.1 Å². The minimum Gasteiger partial charge on any atom is -0.497 e. The number of hydrogen-bond donors (Lipinski definition) is 1. The van der Waals surface area contributed by atoms with Crippen LogP contribution in [0.5, 0.6) is 11.5 Å². The summed E-state index contributed by atoms with van der Waals surface area (Å²) in [5.74, 6) is 0.689. The number of aliphatic hydroxyl groups is 1. The number of ether oxygens (including phenoxy) is 2. The van der Waals surface area contributed by atoms with E-state index in [9.17, 15) is 14.7 Å². The lowest BCUT2D eigenvalue weighted by molar-refractivity contribution is -0.120. The Morgan fingerprint density at radius 2 is 1.52 bits per heavy atom. The molecule has 8 nitrogen and oxygen atoms in total. The van der Waals surface area contributed by atoms with Crippen LogP contribution in [0, 0.1) is 0 Å². The molecule has 33 heavy (non-hydrogen) atoms. The fourth-order valence-corrected chi connectivity index (χ4v) is 4.26. The van der Waals surface area contributed by atoms with Crippen LogP contribution in [0.15, 0.2) is 54.2 Å². The number of carbonyl (C=O) groups excluding carboxylic acids is 2. The lowest BCUT2D eigenvalue weighted by Crippen LogP contribution is -2.48. The average molecular weight is 452 g/mol. The lowest BCUT2D eigenvalue weighted by atomic mass is 10.0. The molecule has 2 aromatic rings. The molecule has 2 aliphatic rings. The third-order valence-electron chi connectivity index (χ3n) is 5.95. The third kappa shape index (κ3) is 4.58. The van der Waals surface area contributed by atoms with E-state index in [1.54, 1.807) is 31.4 Å². The number of carbonyl (C=O) groups is 2. The van der Waals surface area contributed by atoms with Gasteiger partial charge in [-0.1, -0.05) is 12.1 Å². The van der Waals surface area contributed by atoms with Crippen LogP contribution in [0.25, 0.3) is 5.57 Å². The van der Waals surface area contributed by atoms with Crippen molar-refractivity contribution in [3.05, 3.63) is 59.8 Å². The molecule has 0 atom stereocenters. The third-order valence-corrected chi connectivity index (χ3v) is 5.95. The molecule has 0 unspecified atom stereocenters. The van der Waals surface area contributed by atoms with Crippen molar-refractivity contribution in [2.75, 3.05) is 57.9 Å². The van der Waals surface area contributed by atoms with Crippen molar-refractivity contribution in [1.29, 1.82) is 0 Å². The summed E-state index contributed by atoms with van der Waals surface area (Å²) in [5.41, 5.74) is 2.00. The van der Waals surface area contributed by atoms with E-state index >= 15 is 0 Å². The normalized spacial score (nSPS) is 17.2. The second-order valence-electron chi connectivity index (χ2n) is 7.88. The van der Waals surface area contributed by atoms with Crippen LogP contribution in [0.1, 0.15) is 12.5 Å². The number of imide groups is 1. The quantitative estimate of drug-likeness (QED) is 0.615. The molecule has 1 saturated heterocycles. The van der Waals surface area contributed by atoms with E-state index in [4.69, 9.17) is 9.47 Å². The number of nitrogens with zero attached hydrogens (tertiary/aromatic N) is 3. The second-order valence-corrected chi connectivity index (χ2v) is 7.88. The van der Waals surface area contributed by atoms with E-state index in [0.29, 0.717) is 73.4 Å². The zero-order chi connectivity index (χ0) is 23.4. The first-order valence-corrected chi connectivity index (χ1v) is 11.2. The molecule has 2 amide bonds. The summed E-state index contributed by atoms with van der Waals surface area (Å²) in [6, 6.07) is 14.2. The first kappa shape index (κ1) is 22.8. The van der Waals surface area contributed by atoms with Crippen molar-refractivity contribution in [3.63, 3.8) is 0 Å². The zero-order valence-corrected chi connectivity index (χ0v) is 19.0. The minimum absolute atomic E-state index is 0.1000. The molecule has 0 saturated carbocycles. The fraction of sp³-hybridized carbons (Fsp3) is 0.360. The van der Waals surface area contributed by atoms with Crippen LogP contribution in [-0.2, 0) is 9.59 Å². The summed E-state index contributed by atoms with van der Waals surface area (Å²) in [4.78, 5) is 32.6. The Kier molecular flexibility index (Phi) is 6.96. The van der Waals surface area contributed by atoms with Gasteiger partial charge in [-0.15, -0.1) is 0 Å². The summed E-state index contributed by atoms with van der Waals surface area (Å²) < 4.78 is 10.7. The molecule has 0 spiro atoms. The average Bonchev–Trinajstić information content (AvgIpc) is 3.10. The standard InChI is InChI=1S/C25H29N3O5/c1-3-33-21-8-4-18(5-9-21)22-23(27-14-12-26(13-15-27)16-17-29)25(31)28(24(22)30)19-6-10-20(32-2)11-7-19/h4-11,29H,3,12-17H2,1-2H3. The fourth-order valence-electron chi connectivity index (χ4n) is 4.26. The molecule has 1 N–H and O–H groups in total. The van der Waals surface area contributed by atoms with Crippen LogP contribution in [0.4, 0.5) is 5.69 Å². The Morgan fingerprint density at radius 3 is 2.09 bits per heavy atom. The van der Waals surface area contributed by atoms with Crippen molar-refractivity contribution in [2.45, 2.75) is 6.92 Å². The monoisotopic (exact) mass is 451 g/mol. The van der Waals surface area contributed by atoms with E-state index in [1.807, 2.05) is 36.1 Å². The maximum absolute atomic E-state index is 13.6. The molecule has 174 valence electrons. The van der Waals surface area contributed by atoms with Crippen LogP contribution >= 0.6 is 0 Å². The maximum Gasteiger partial charge on any atom is 0.282 e. The summed E-state index contributed by atoms with van der Waals surface area (Å²) in [6.45, 7) is 5.79. The SMILES string of the molecule is CCOc1ccc(C2=C(N3CCN(CCO)CC3)C(=O)N(c3ccc(OC)cc3)C2=O)cc1. The molecule has 1 fully saturated rings. The van der Waals surface area contributed by atoms with Gasteiger partial charge in [0.05, 0.1) is 31.6 Å². The van der Waals surface area contributed by atoms with Gasteiger partial charge in [-0.25, -0.2) is 4.90 Å². The predicted octanol–water partition coefficient (Wildman–Crippen LogP) is 1.99. The van der Waals surface area contributed by atoms with Gasteiger partial charge in [0.1, 0.15) is 17.2 Å². The van der Waals surface area contributed by atoms with Gasteiger partial charge in [-0.05, 0) is 48.9 Å². The number of methoxy groups -OCH3 is 1. The summed E-state index contributed by atoms with van der Waals surface area (Å²) in [7, 11) is 1.57. The van der Waals surface area contributed by atoms with E-state index in [0.717, 1.165) is 0 Å². The van der Waals surface area contributed by atoms with Gasteiger partial charge < -0.3 is 19.5 Å². The van der Waals surface area contributed by atoms with Gasteiger partial charge >= 0.3 is 0 Å². The van der Waals surface area contributed by atoms with Gasteiger partial charge in [0, 0.05) is 32.7 Å². The Hall–Kier alpha value is -3.36. The van der Waals surface area contributed by atoms with Crippen molar-refractivity contribution < 1.29 is 24.2 Å². The summed E-state index contributed by atoms with van der Waals surface area (Å²) in [6.07, 6.45) is 0. The molecule has 0 radical (unpaired) electrons. The number of aliphatic hydroxyl groups excluding tert-OH is 1. The Labute approximate surface area is 193 Å². The van der Waals surface area contributed by atoms with E-state index in [-0.39, 0.29) is 18.4 Å². The molecule has 2 heterocycles. The van der Waals surface area contributed by atoms with Gasteiger partial charge in [-0.2, -0.15) is 0 Å². The highest BCUT2D eigenvalue weighted by molar-refractivity contribution is 6.45. The highest BCUT2D eigenvalue weighted by atomic mass is 16.5. The Morgan fingerprint density at radius 1 is 0.879 bits per heavy atom. The van der Waals surface area contributed by atoms with Crippen molar-refractivity contribution in [1.82, 2.24) is 9.80 Å². The summed E-state index contributed by atoms with van der Waals surface area (Å²) >= 11 is 0. The van der Waals surface area contributed by atoms with Crippen LogP contribution in [0.3, 0.4) is 0 Å². The maximum atomic E-state index is 13.6. The van der Waals surface area contributed by atoms with Gasteiger partial charge in [0.25, 0.3) is 11.8 Å². The highest BCUT2D eigenvalue weighted by Gasteiger charge is 2.43. The number of hydrogen-bond acceptors (Lipinski definition) is 7. The molecular formula is C25H29N3O5. The van der Waals surface area contributed by atoms with Crippen molar-refractivity contribution in [3.8, 4) is 11.5 Å². The Bertz CT molecular complexity index is 1030. The second kappa shape index (κ2) is 10.1. The number of rotatable bonds is 8. The van der Waals surface area contributed by atoms with Gasteiger partial charge in [0.2, 0.25) is 0 Å². The van der Waals surface area contributed by atoms with Crippen molar-refractivity contribution in [2.24, 2.45) is 0 Å². The number of β-amino-alcohol motifs (C(OH)–C–C–N with tert-alkyl or cyclic N) is 1. The summed E-state index contributed by atoms with van der Waals surface area (Å²) in [5, 5.41) is 9.23. The van der Waals surface area contributed by atoms with Crippen LogP contribution in [-0.4, -0.2) is 79.8 Å². The van der Waals surface area contributed by atoms with Gasteiger partial charge in [-0.3, -0.25) is 14.5 Å². The van der Waals surface area contributed by atoms with E-state index in [1.165, 1.54) is 4.90 Å². The van der Waals surface area contributed by atoms with Gasteiger partial charge in [0.15, 0.2) is 0 Å². The molecule has 8 heteroatoms. The van der Waals surface area contributed by atoms with E-state index in [2.05, 4.69) is 4.90 Å². The van der Waals surface area contributed by atoms with Crippen LogP contribution < -0.4 is 14.4 Å². The minimum atomic E-state index is -0.345. The predicted molar refractivity (Wildman–Crippen MR) is 125 cm³/mol. The largest absolute Gasteiger partial charge is 0.497 e. The first-order chi connectivity index (χ1) is 16.1. The number of piperazine rings is 1. The molecule has 0 aromatic heterocycles. The number of benzene rings is 2. The number of anilines is 1. The molecule has 2 aliphatic heterocycles. The lowest BCUT2D eigenvalue weighted by Gasteiger charge is -2.36.